The average molecular weight is 247 g/mol. The van der Waals surface area contributed by atoms with Gasteiger partial charge >= 0.3 is 0 Å². The van der Waals surface area contributed by atoms with Crippen molar-refractivity contribution in [2.75, 3.05) is 0 Å². The Balaban J connectivity index is 1.86. The lowest BCUT2D eigenvalue weighted by Gasteiger charge is -2.01. The standard InChI is InChI=1S/C16H22FN/c1-2-3-4-5-6-7-8-13-12-18-16-10-9-14(17)11-15(13)16/h9-12,18H,2-8H2,1H3. The van der Waals surface area contributed by atoms with E-state index < -0.39 is 0 Å². The highest BCUT2D eigenvalue weighted by Gasteiger charge is 2.04. The predicted octanol–water partition coefficient (Wildman–Crippen LogP) is 5.21. The second-order valence-corrected chi connectivity index (χ2v) is 5.02. The van der Waals surface area contributed by atoms with Gasteiger partial charge in [-0.05, 0) is 36.6 Å². The summed E-state index contributed by atoms with van der Waals surface area (Å²) in [6.07, 6.45) is 10.9. The van der Waals surface area contributed by atoms with Gasteiger partial charge < -0.3 is 4.98 Å². The van der Waals surface area contributed by atoms with Crippen molar-refractivity contribution in [3.63, 3.8) is 0 Å². The van der Waals surface area contributed by atoms with E-state index >= 15 is 0 Å². The van der Waals surface area contributed by atoms with Crippen molar-refractivity contribution in [1.29, 1.82) is 0 Å². The maximum Gasteiger partial charge on any atom is 0.123 e. The first kappa shape index (κ1) is 13.1. The molecular formula is C16H22FN. The predicted molar refractivity (Wildman–Crippen MR) is 75.3 cm³/mol. The van der Waals surface area contributed by atoms with Crippen molar-refractivity contribution in [3.05, 3.63) is 35.8 Å². The molecule has 2 aromatic rings. The molecule has 0 aliphatic heterocycles. The van der Waals surface area contributed by atoms with Crippen LogP contribution in [0.1, 0.15) is 51.0 Å². The summed E-state index contributed by atoms with van der Waals surface area (Å²) in [5, 5.41) is 1.04. The molecule has 0 atom stereocenters. The van der Waals surface area contributed by atoms with Crippen molar-refractivity contribution in [2.45, 2.75) is 51.9 Å². The van der Waals surface area contributed by atoms with E-state index in [4.69, 9.17) is 0 Å². The van der Waals surface area contributed by atoms with Gasteiger partial charge in [-0.25, -0.2) is 4.39 Å². The van der Waals surface area contributed by atoms with E-state index in [0.29, 0.717) is 0 Å². The topological polar surface area (TPSA) is 15.8 Å². The lowest BCUT2D eigenvalue weighted by molar-refractivity contribution is 0.608. The minimum atomic E-state index is -0.147. The highest BCUT2D eigenvalue weighted by atomic mass is 19.1. The minimum Gasteiger partial charge on any atom is -0.361 e. The molecule has 1 nitrogen and oxygen atoms in total. The summed E-state index contributed by atoms with van der Waals surface area (Å²) in [5.41, 5.74) is 2.29. The molecular weight excluding hydrogens is 225 g/mol. The van der Waals surface area contributed by atoms with Crippen molar-refractivity contribution in [3.8, 4) is 0 Å². The van der Waals surface area contributed by atoms with Crippen LogP contribution in [0.15, 0.2) is 24.4 Å². The molecule has 0 spiro atoms. The van der Waals surface area contributed by atoms with Crippen LogP contribution in [-0.4, -0.2) is 4.98 Å². The third kappa shape index (κ3) is 3.34. The van der Waals surface area contributed by atoms with Crippen LogP contribution >= 0.6 is 0 Å². The number of benzene rings is 1. The number of hydrogen-bond acceptors (Lipinski definition) is 0. The van der Waals surface area contributed by atoms with E-state index in [9.17, 15) is 4.39 Å². The summed E-state index contributed by atoms with van der Waals surface area (Å²) < 4.78 is 13.2. The Morgan fingerprint density at radius 2 is 1.83 bits per heavy atom. The Morgan fingerprint density at radius 1 is 1.06 bits per heavy atom. The molecule has 2 rings (SSSR count). The fraction of sp³-hybridized carbons (Fsp3) is 0.500. The van der Waals surface area contributed by atoms with E-state index in [1.54, 1.807) is 6.07 Å². The van der Waals surface area contributed by atoms with Crippen LogP contribution in [0, 0.1) is 5.82 Å². The van der Waals surface area contributed by atoms with Gasteiger partial charge in [0.15, 0.2) is 0 Å². The lowest BCUT2D eigenvalue weighted by atomic mass is 10.0. The average Bonchev–Trinajstić information content (AvgIpc) is 2.76. The molecule has 0 aliphatic carbocycles. The number of unbranched alkanes of at least 4 members (excludes halogenated alkanes) is 5. The number of fused-ring (bicyclic) bond motifs is 1. The second-order valence-electron chi connectivity index (χ2n) is 5.02. The summed E-state index contributed by atoms with van der Waals surface area (Å²) in [4.78, 5) is 3.21. The van der Waals surface area contributed by atoms with Crippen molar-refractivity contribution >= 4 is 10.9 Å². The first-order valence-electron chi connectivity index (χ1n) is 7.07. The number of hydrogen-bond donors (Lipinski definition) is 1. The van der Waals surface area contributed by atoms with Crippen molar-refractivity contribution in [2.24, 2.45) is 0 Å². The molecule has 0 amide bonds. The number of H-pyrrole nitrogens is 1. The molecule has 0 aliphatic rings. The lowest BCUT2D eigenvalue weighted by Crippen LogP contribution is -1.85. The molecule has 98 valence electrons. The largest absolute Gasteiger partial charge is 0.361 e. The number of nitrogens with one attached hydrogen (secondary N) is 1. The van der Waals surface area contributed by atoms with E-state index in [2.05, 4.69) is 11.9 Å². The Kier molecular flexibility index (Phi) is 4.80. The smallest absolute Gasteiger partial charge is 0.123 e. The molecule has 0 saturated heterocycles. The van der Waals surface area contributed by atoms with Crippen LogP contribution in [0.2, 0.25) is 0 Å². The highest BCUT2D eigenvalue weighted by Crippen LogP contribution is 2.21. The second kappa shape index (κ2) is 6.58. The third-order valence-corrected chi connectivity index (χ3v) is 3.53. The SMILES string of the molecule is CCCCCCCCc1c[nH]c2ccc(F)cc12. The molecule has 0 unspecified atom stereocenters. The first-order valence-corrected chi connectivity index (χ1v) is 7.07. The minimum absolute atomic E-state index is 0.147. The van der Waals surface area contributed by atoms with Crippen molar-refractivity contribution in [1.82, 2.24) is 4.98 Å². The molecule has 18 heavy (non-hydrogen) atoms. The van der Waals surface area contributed by atoms with Crippen LogP contribution in [0.5, 0.6) is 0 Å². The van der Waals surface area contributed by atoms with Gasteiger partial charge in [0.2, 0.25) is 0 Å². The van der Waals surface area contributed by atoms with Gasteiger partial charge in [0.1, 0.15) is 5.82 Å². The fourth-order valence-corrected chi connectivity index (χ4v) is 2.45. The number of aryl methyl sites for hydroxylation is 1. The number of aromatic amines is 1. The summed E-state index contributed by atoms with van der Waals surface area (Å²) in [7, 11) is 0. The Morgan fingerprint density at radius 3 is 2.67 bits per heavy atom. The molecule has 2 heteroatoms. The molecule has 0 saturated carbocycles. The van der Waals surface area contributed by atoms with Gasteiger partial charge in [-0.2, -0.15) is 0 Å². The van der Waals surface area contributed by atoms with Crippen molar-refractivity contribution < 1.29 is 4.39 Å². The summed E-state index contributed by atoms with van der Waals surface area (Å²) in [5.74, 6) is -0.147. The molecule has 0 bridgehead atoms. The third-order valence-electron chi connectivity index (χ3n) is 3.53. The molecule has 1 N–H and O–H groups in total. The number of aromatic nitrogens is 1. The summed E-state index contributed by atoms with van der Waals surface area (Å²) in [6, 6.07) is 4.96. The zero-order valence-corrected chi connectivity index (χ0v) is 11.1. The van der Waals surface area contributed by atoms with E-state index in [-0.39, 0.29) is 5.82 Å². The monoisotopic (exact) mass is 247 g/mol. The quantitative estimate of drug-likeness (QED) is 0.646. The van der Waals surface area contributed by atoms with Gasteiger partial charge in [0.05, 0.1) is 0 Å². The molecule has 1 heterocycles. The fourth-order valence-electron chi connectivity index (χ4n) is 2.45. The summed E-state index contributed by atoms with van der Waals surface area (Å²) in [6.45, 7) is 2.24. The van der Waals surface area contributed by atoms with Crippen LogP contribution in [0.4, 0.5) is 4.39 Å². The van der Waals surface area contributed by atoms with Gasteiger partial charge in [-0.1, -0.05) is 39.0 Å². The Hall–Kier alpha value is -1.31. The molecule has 1 aromatic heterocycles. The zero-order chi connectivity index (χ0) is 12.8. The van der Waals surface area contributed by atoms with Crippen LogP contribution in [0.3, 0.4) is 0 Å². The van der Waals surface area contributed by atoms with Gasteiger partial charge in [-0.15, -0.1) is 0 Å². The maximum absolute atomic E-state index is 13.2. The van der Waals surface area contributed by atoms with E-state index in [1.807, 2.05) is 12.3 Å². The van der Waals surface area contributed by atoms with Crippen LogP contribution < -0.4 is 0 Å². The van der Waals surface area contributed by atoms with E-state index in [1.165, 1.54) is 50.2 Å². The van der Waals surface area contributed by atoms with Gasteiger partial charge in [0.25, 0.3) is 0 Å². The van der Waals surface area contributed by atoms with Gasteiger partial charge in [0, 0.05) is 17.1 Å². The Bertz CT molecular complexity index is 487. The number of halogens is 1. The maximum atomic E-state index is 13.2. The highest BCUT2D eigenvalue weighted by molar-refractivity contribution is 5.83. The Labute approximate surface area is 108 Å². The van der Waals surface area contributed by atoms with E-state index in [0.717, 1.165) is 17.3 Å². The van der Waals surface area contributed by atoms with Crippen LogP contribution in [0.25, 0.3) is 10.9 Å². The number of rotatable bonds is 7. The molecule has 0 radical (unpaired) electrons. The normalized spacial score (nSPS) is 11.2. The molecule has 1 aromatic carbocycles. The molecule has 0 fully saturated rings. The van der Waals surface area contributed by atoms with Crippen LogP contribution in [-0.2, 0) is 6.42 Å². The zero-order valence-electron chi connectivity index (χ0n) is 11.1. The summed E-state index contributed by atoms with van der Waals surface area (Å²) >= 11 is 0. The first-order chi connectivity index (χ1) is 8.81. The van der Waals surface area contributed by atoms with Gasteiger partial charge in [-0.3, -0.25) is 0 Å².